The number of nitrogens with one attached hydrogen (secondary N) is 3. The van der Waals surface area contributed by atoms with Gasteiger partial charge in [0.15, 0.2) is 5.78 Å². The zero-order chi connectivity index (χ0) is 42.6. The largest absolute Gasteiger partial charge is 0.480 e. The molecule has 1 heterocycles. The van der Waals surface area contributed by atoms with Crippen LogP contribution in [0.25, 0.3) is 0 Å². The number of hydrogen-bond acceptors (Lipinski definition) is 8. The molecular weight excluding hydrogens is 725 g/mol. The number of amides is 3. The van der Waals surface area contributed by atoms with Crippen molar-refractivity contribution in [3.05, 3.63) is 35.9 Å². The van der Waals surface area contributed by atoms with E-state index in [-0.39, 0.29) is 71.5 Å². The number of carboxylic acids is 1. The molecule has 1 aliphatic carbocycles. The van der Waals surface area contributed by atoms with Crippen LogP contribution in [0.2, 0.25) is 0 Å². The second-order valence-corrected chi connectivity index (χ2v) is 17.7. The number of nitrogens with zero attached hydrogens (tertiary/aromatic N) is 1. The number of aliphatic carboxylic acids is 1. The second-order valence-electron chi connectivity index (χ2n) is 17.7. The van der Waals surface area contributed by atoms with Crippen LogP contribution in [0.5, 0.6) is 0 Å². The van der Waals surface area contributed by atoms with Crippen LogP contribution in [0.15, 0.2) is 30.3 Å². The van der Waals surface area contributed by atoms with Crippen LogP contribution in [0.1, 0.15) is 112 Å². The molecule has 3 rings (SSSR count). The number of carbonyl (C=O) groups is 5. The lowest BCUT2D eigenvalue weighted by Gasteiger charge is -2.36. The van der Waals surface area contributed by atoms with Gasteiger partial charge in [-0.15, -0.1) is 0 Å². The van der Waals surface area contributed by atoms with Gasteiger partial charge in [-0.25, -0.2) is 4.79 Å². The Morgan fingerprint density at radius 1 is 0.860 bits per heavy atom. The number of rotatable bonds is 25. The summed E-state index contributed by atoms with van der Waals surface area (Å²) in [7, 11) is 4.96. The summed E-state index contributed by atoms with van der Waals surface area (Å²) in [6.45, 7) is 16.5. The number of ether oxygens (including phenoxy) is 2. The summed E-state index contributed by atoms with van der Waals surface area (Å²) in [4.78, 5) is 69.4. The summed E-state index contributed by atoms with van der Waals surface area (Å²) in [6, 6.07) is 6.73. The number of carboxylic acid groups (broad SMARTS) is 1. The lowest BCUT2D eigenvalue weighted by atomic mass is 9.78. The predicted molar refractivity (Wildman–Crippen MR) is 222 cm³/mol. The molecule has 57 heavy (non-hydrogen) atoms. The van der Waals surface area contributed by atoms with Gasteiger partial charge in [-0.3, -0.25) is 19.2 Å². The van der Waals surface area contributed by atoms with Crippen molar-refractivity contribution >= 4 is 29.5 Å². The summed E-state index contributed by atoms with van der Waals surface area (Å²) in [5.74, 6) is -2.48. The Hall–Kier alpha value is -3.35. The molecule has 2 aliphatic rings. The maximum atomic E-state index is 14.4. The Morgan fingerprint density at radius 3 is 1.98 bits per heavy atom. The van der Waals surface area contributed by atoms with Gasteiger partial charge in [0.25, 0.3) is 0 Å². The normalized spacial score (nSPS) is 20.9. The fourth-order valence-corrected chi connectivity index (χ4v) is 9.01. The Morgan fingerprint density at radius 2 is 1.49 bits per heavy atom. The molecule has 3 amide bonds. The smallest absolute Gasteiger partial charge is 0.326 e. The third-order valence-corrected chi connectivity index (χ3v) is 13.1. The molecule has 1 saturated carbocycles. The SMILES string of the molecule is CCC(CCC([C@@H](C)CC)[C@@H](CC(=O)N1CC2(CC2)C[C@H]1C(OC)[C@@H](C)C(=O)NC(Cc1ccccc1)C(=O)O)OC)C(=O)[C@@H](NC(=O)[C@@H](NC)C(C)C)C(C)C. The predicted octanol–water partition coefficient (Wildman–Crippen LogP) is 5.66. The molecule has 1 saturated heterocycles. The van der Waals surface area contributed by atoms with E-state index in [9.17, 15) is 29.1 Å². The minimum atomic E-state index is -1.12. The van der Waals surface area contributed by atoms with E-state index >= 15 is 0 Å². The highest BCUT2D eigenvalue weighted by Gasteiger charge is 2.56. The minimum absolute atomic E-state index is 0.00233. The van der Waals surface area contributed by atoms with E-state index in [2.05, 4.69) is 29.8 Å². The molecule has 1 aliphatic heterocycles. The molecule has 0 aromatic heterocycles. The summed E-state index contributed by atoms with van der Waals surface area (Å²) >= 11 is 0. The topological polar surface area (TPSA) is 163 Å². The lowest BCUT2D eigenvalue weighted by molar-refractivity contribution is -0.145. The van der Waals surface area contributed by atoms with Crippen LogP contribution in [0.3, 0.4) is 0 Å². The van der Waals surface area contributed by atoms with Crippen molar-refractivity contribution in [3.8, 4) is 0 Å². The van der Waals surface area contributed by atoms with Gasteiger partial charge in [-0.2, -0.15) is 0 Å². The Balaban J connectivity index is 1.76. The highest BCUT2D eigenvalue weighted by atomic mass is 16.5. The van der Waals surface area contributed by atoms with Crippen LogP contribution >= 0.6 is 0 Å². The lowest BCUT2D eigenvalue weighted by Crippen LogP contribution is -2.54. The van der Waals surface area contributed by atoms with E-state index in [0.717, 1.165) is 24.8 Å². The van der Waals surface area contributed by atoms with Gasteiger partial charge in [-0.1, -0.05) is 92.1 Å². The molecule has 12 heteroatoms. The van der Waals surface area contributed by atoms with Gasteiger partial charge in [-0.05, 0) is 80.2 Å². The zero-order valence-corrected chi connectivity index (χ0v) is 36.6. The molecule has 1 aromatic carbocycles. The molecule has 1 spiro atoms. The average molecular weight is 799 g/mol. The van der Waals surface area contributed by atoms with Crippen molar-refractivity contribution < 1.29 is 38.6 Å². The molecule has 2 fully saturated rings. The number of methoxy groups -OCH3 is 2. The molecule has 10 atom stereocenters. The maximum absolute atomic E-state index is 14.4. The van der Waals surface area contributed by atoms with E-state index in [4.69, 9.17) is 9.47 Å². The summed E-state index contributed by atoms with van der Waals surface area (Å²) in [5.41, 5.74) is 0.806. The van der Waals surface area contributed by atoms with Crippen molar-refractivity contribution in [3.63, 3.8) is 0 Å². The summed E-state index contributed by atoms with van der Waals surface area (Å²) in [6.07, 6.45) is 4.82. The number of carbonyl (C=O) groups excluding carboxylic acids is 4. The Kier molecular flexibility index (Phi) is 18.7. The first-order valence-electron chi connectivity index (χ1n) is 21.4. The van der Waals surface area contributed by atoms with Gasteiger partial charge < -0.3 is 35.4 Å². The number of benzene rings is 1. The number of Topliss-reactive ketones (excluding diaryl/α,β-unsaturated/α-hetero) is 1. The summed E-state index contributed by atoms with van der Waals surface area (Å²) in [5, 5.41) is 18.8. The highest BCUT2D eigenvalue weighted by molar-refractivity contribution is 5.92. The third kappa shape index (κ3) is 12.8. The first-order valence-corrected chi connectivity index (χ1v) is 21.4. The molecule has 1 aromatic rings. The number of likely N-dealkylation sites (tertiary alicyclic amines) is 1. The number of likely N-dealkylation sites (N-methyl/N-ethyl adjacent to an activating group) is 1. The molecule has 4 unspecified atom stereocenters. The monoisotopic (exact) mass is 799 g/mol. The average Bonchev–Trinajstić information content (AvgIpc) is 3.84. The van der Waals surface area contributed by atoms with E-state index in [1.54, 1.807) is 28.2 Å². The molecular formula is C45H74N4O8. The van der Waals surface area contributed by atoms with Gasteiger partial charge in [0.2, 0.25) is 17.7 Å². The standard InChI is InChI=1S/C45H74N4O8/c1-12-29(7)33(20-19-32(13-2)40(51)38(27(3)4)48-43(53)39(46-9)28(5)6)36(56-10)24-37(50)49-26-45(21-22-45)25-35(49)41(57-11)30(8)42(52)47-34(44(54)55)23-31-17-15-14-16-18-31/h14-18,27-30,32-36,38-39,41,46H,12-13,19-26H2,1-11H3,(H,47,52)(H,48,53)(H,54,55)/t29-,30+,32?,33?,34?,35-,36+,38-,39-,41?/m0/s1. The minimum Gasteiger partial charge on any atom is -0.480 e. The number of hydrogen-bond donors (Lipinski definition) is 4. The fraction of sp³-hybridized carbons (Fsp3) is 0.756. The first-order chi connectivity index (χ1) is 27.0. The van der Waals surface area contributed by atoms with Crippen molar-refractivity contribution in [2.75, 3.05) is 27.8 Å². The maximum Gasteiger partial charge on any atom is 0.326 e. The van der Waals surface area contributed by atoms with Crippen LogP contribution in [-0.2, 0) is 39.9 Å². The van der Waals surface area contributed by atoms with E-state index in [0.29, 0.717) is 32.2 Å². The van der Waals surface area contributed by atoms with Crippen LogP contribution < -0.4 is 16.0 Å². The first kappa shape index (κ1) is 48.0. The van der Waals surface area contributed by atoms with Crippen molar-refractivity contribution in [1.29, 1.82) is 0 Å². The van der Waals surface area contributed by atoms with E-state index in [1.165, 1.54) is 0 Å². The highest BCUT2D eigenvalue weighted by Crippen LogP contribution is 2.56. The van der Waals surface area contributed by atoms with Crippen molar-refractivity contribution in [1.82, 2.24) is 20.9 Å². The van der Waals surface area contributed by atoms with E-state index in [1.807, 2.05) is 69.9 Å². The summed E-state index contributed by atoms with van der Waals surface area (Å²) < 4.78 is 12.1. The Labute approximate surface area is 342 Å². The molecule has 4 N–H and O–H groups in total. The second kappa shape index (κ2) is 22.1. The van der Waals surface area contributed by atoms with Crippen molar-refractivity contribution in [2.24, 2.45) is 40.9 Å². The van der Waals surface area contributed by atoms with Gasteiger partial charge in [0.05, 0.1) is 42.7 Å². The number of ketones is 1. The van der Waals surface area contributed by atoms with Crippen LogP contribution in [0, 0.1) is 40.9 Å². The third-order valence-electron chi connectivity index (χ3n) is 13.1. The van der Waals surface area contributed by atoms with E-state index < -0.39 is 48.1 Å². The fourth-order valence-electron chi connectivity index (χ4n) is 9.01. The zero-order valence-electron chi connectivity index (χ0n) is 36.6. The Bertz CT molecular complexity index is 1470. The van der Waals surface area contributed by atoms with Crippen LogP contribution in [-0.4, -0.2) is 104 Å². The van der Waals surface area contributed by atoms with Gasteiger partial charge >= 0.3 is 5.97 Å². The molecule has 12 nitrogen and oxygen atoms in total. The molecule has 0 bridgehead atoms. The quantitative estimate of drug-likeness (QED) is 0.0979. The van der Waals surface area contributed by atoms with Crippen molar-refractivity contribution in [2.45, 2.75) is 150 Å². The van der Waals surface area contributed by atoms with Crippen LogP contribution in [0.4, 0.5) is 0 Å². The van der Waals surface area contributed by atoms with Gasteiger partial charge in [0.1, 0.15) is 6.04 Å². The van der Waals surface area contributed by atoms with Gasteiger partial charge in [0, 0.05) is 33.1 Å². The molecule has 322 valence electrons. The molecule has 0 radical (unpaired) electrons.